The Bertz CT molecular complexity index is 493. The average molecular weight is 277 g/mol. The van der Waals surface area contributed by atoms with Gasteiger partial charge >= 0.3 is 6.09 Å². The fraction of sp³-hybridized carbons (Fsp3) is 0.615. The zero-order valence-corrected chi connectivity index (χ0v) is 11.6. The number of carbonyl (C=O) groups excluding carboxylic acids is 1. The Morgan fingerprint density at radius 2 is 2.05 bits per heavy atom. The maximum absolute atomic E-state index is 11.6. The highest BCUT2D eigenvalue weighted by atomic mass is 16.6. The van der Waals surface area contributed by atoms with Crippen molar-refractivity contribution in [3.05, 3.63) is 11.9 Å². The SMILES string of the molecule is Cc1nc(N)cc(N2CCC(N3CCOC3=O)CC2)n1. The van der Waals surface area contributed by atoms with Crippen molar-refractivity contribution in [3.8, 4) is 0 Å². The molecular weight excluding hydrogens is 258 g/mol. The van der Waals surface area contributed by atoms with Crippen LogP contribution < -0.4 is 10.6 Å². The van der Waals surface area contributed by atoms with Crippen molar-refractivity contribution in [3.63, 3.8) is 0 Å². The number of hydrogen-bond acceptors (Lipinski definition) is 6. The lowest BCUT2D eigenvalue weighted by atomic mass is 10.0. The van der Waals surface area contributed by atoms with Crippen LogP contribution in [0, 0.1) is 6.92 Å². The molecule has 0 atom stereocenters. The highest BCUT2D eigenvalue weighted by molar-refractivity contribution is 5.69. The predicted molar refractivity (Wildman–Crippen MR) is 74.5 cm³/mol. The number of cyclic esters (lactones) is 1. The summed E-state index contributed by atoms with van der Waals surface area (Å²) in [4.78, 5) is 24.1. The highest BCUT2D eigenvalue weighted by Crippen LogP contribution is 2.23. The van der Waals surface area contributed by atoms with Gasteiger partial charge in [0.05, 0.1) is 6.54 Å². The zero-order valence-electron chi connectivity index (χ0n) is 11.6. The predicted octanol–water partition coefficient (Wildman–Crippen LogP) is 0.788. The Hall–Kier alpha value is -2.05. The van der Waals surface area contributed by atoms with Gasteiger partial charge in [-0.2, -0.15) is 0 Å². The van der Waals surface area contributed by atoms with E-state index in [4.69, 9.17) is 10.5 Å². The summed E-state index contributed by atoms with van der Waals surface area (Å²) in [7, 11) is 0. The van der Waals surface area contributed by atoms with Crippen molar-refractivity contribution in [2.45, 2.75) is 25.8 Å². The van der Waals surface area contributed by atoms with Crippen molar-refractivity contribution in [1.82, 2.24) is 14.9 Å². The first-order chi connectivity index (χ1) is 9.63. The number of nitrogens with zero attached hydrogens (tertiary/aromatic N) is 4. The summed E-state index contributed by atoms with van der Waals surface area (Å²) in [6.45, 7) is 4.80. The number of aryl methyl sites for hydroxylation is 1. The van der Waals surface area contributed by atoms with E-state index in [1.54, 1.807) is 6.07 Å². The van der Waals surface area contributed by atoms with E-state index in [9.17, 15) is 4.79 Å². The summed E-state index contributed by atoms with van der Waals surface area (Å²) < 4.78 is 5.00. The maximum atomic E-state index is 11.6. The van der Waals surface area contributed by atoms with Crippen LogP contribution in [0.3, 0.4) is 0 Å². The lowest BCUT2D eigenvalue weighted by molar-refractivity contribution is 0.142. The average Bonchev–Trinajstić information content (AvgIpc) is 2.84. The molecule has 1 amide bonds. The van der Waals surface area contributed by atoms with Gasteiger partial charge in [-0.25, -0.2) is 14.8 Å². The number of ether oxygens (including phenoxy) is 1. The molecule has 20 heavy (non-hydrogen) atoms. The smallest absolute Gasteiger partial charge is 0.410 e. The molecule has 1 aromatic heterocycles. The largest absolute Gasteiger partial charge is 0.448 e. The second-order valence-electron chi connectivity index (χ2n) is 5.22. The molecule has 3 rings (SSSR count). The van der Waals surface area contributed by atoms with Crippen LogP contribution in [0.5, 0.6) is 0 Å². The monoisotopic (exact) mass is 277 g/mol. The summed E-state index contributed by atoms with van der Waals surface area (Å²) >= 11 is 0. The fourth-order valence-corrected chi connectivity index (χ4v) is 2.88. The topological polar surface area (TPSA) is 84.6 Å². The van der Waals surface area contributed by atoms with E-state index in [0.717, 1.165) is 31.7 Å². The zero-order chi connectivity index (χ0) is 14.1. The number of amides is 1. The Morgan fingerprint density at radius 3 is 2.65 bits per heavy atom. The van der Waals surface area contributed by atoms with Crippen molar-refractivity contribution in [1.29, 1.82) is 0 Å². The van der Waals surface area contributed by atoms with Crippen LogP contribution in [0.15, 0.2) is 6.07 Å². The fourth-order valence-electron chi connectivity index (χ4n) is 2.88. The van der Waals surface area contributed by atoms with Gasteiger partial charge in [0.1, 0.15) is 24.1 Å². The summed E-state index contributed by atoms with van der Waals surface area (Å²) in [6, 6.07) is 2.08. The third kappa shape index (κ3) is 2.48. The molecule has 0 aliphatic carbocycles. The lowest BCUT2D eigenvalue weighted by Crippen LogP contribution is -2.45. The van der Waals surface area contributed by atoms with E-state index in [1.165, 1.54) is 0 Å². The molecule has 7 heteroatoms. The number of rotatable bonds is 2. The minimum Gasteiger partial charge on any atom is -0.448 e. The quantitative estimate of drug-likeness (QED) is 0.860. The molecular formula is C13H19N5O2. The van der Waals surface area contributed by atoms with E-state index in [1.807, 2.05) is 11.8 Å². The first-order valence-electron chi connectivity index (χ1n) is 6.93. The van der Waals surface area contributed by atoms with Gasteiger partial charge in [-0.3, -0.25) is 0 Å². The summed E-state index contributed by atoms with van der Waals surface area (Å²) in [6.07, 6.45) is 1.68. The van der Waals surface area contributed by atoms with E-state index in [0.29, 0.717) is 24.8 Å². The Labute approximate surface area is 117 Å². The summed E-state index contributed by atoms with van der Waals surface area (Å²) in [5, 5.41) is 0. The third-order valence-corrected chi connectivity index (χ3v) is 3.87. The molecule has 108 valence electrons. The van der Waals surface area contributed by atoms with Crippen LogP contribution >= 0.6 is 0 Å². The molecule has 0 spiro atoms. The van der Waals surface area contributed by atoms with Crippen LogP contribution in [-0.2, 0) is 4.74 Å². The van der Waals surface area contributed by atoms with Crippen molar-refractivity contribution in [2.24, 2.45) is 0 Å². The lowest BCUT2D eigenvalue weighted by Gasteiger charge is -2.36. The molecule has 2 N–H and O–H groups in total. The standard InChI is InChI=1S/C13H19N5O2/c1-9-15-11(14)8-12(16-9)17-4-2-10(3-5-17)18-6-7-20-13(18)19/h8,10H,2-7H2,1H3,(H2,14,15,16). The van der Waals surface area contributed by atoms with Gasteiger partial charge in [-0.15, -0.1) is 0 Å². The number of hydrogen-bond donors (Lipinski definition) is 1. The van der Waals surface area contributed by atoms with Crippen LogP contribution in [0.2, 0.25) is 0 Å². The van der Waals surface area contributed by atoms with E-state index >= 15 is 0 Å². The molecule has 0 bridgehead atoms. The van der Waals surface area contributed by atoms with Gasteiger partial charge in [0.2, 0.25) is 0 Å². The van der Waals surface area contributed by atoms with Crippen molar-refractivity contribution < 1.29 is 9.53 Å². The van der Waals surface area contributed by atoms with Gasteiger partial charge < -0.3 is 20.3 Å². The molecule has 2 saturated heterocycles. The Morgan fingerprint density at radius 1 is 1.30 bits per heavy atom. The van der Waals surface area contributed by atoms with Crippen molar-refractivity contribution >= 4 is 17.7 Å². The molecule has 0 saturated carbocycles. The van der Waals surface area contributed by atoms with E-state index < -0.39 is 0 Å². The molecule has 2 aliphatic heterocycles. The maximum Gasteiger partial charge on any atom is 0.410 e. The summed E-state index contributed by atoms with van der Waals surface area (Å²) in [5.41, 5.74) is 5.76. The second-order valence-corrected chi connectivity index (χ2v) is 5.22. The number of nitrogens with two attached hydrogens (primary N) is 1. The molecule has 3 heterocycles. The van der Waals surface area contributed by atoms with Gasteiger partial charge in [-0.1, -0.05) is 0 Å². The van der Waals surface area contributed by atoms with Crippen LogP contribution in [0.25, 0.3) is 0 Å². The van der Waals surface area contributed by atoms with Crippen LogP contribution in [0.1, 0.15) is 18.7 Å². The number of aromatic nitrogens is 2. The molecule has 2 aliphatic rings. The van der Waals surface area contributed by atoms with Gasteiger partial charge in [-0.05, 0) is 19.8 Å². The molecule has 0 radical (unpaired) electrons. The molecule has 7 nitrogen and oxygen atoms in total. The third-order valence-electron chi connectivity index (χ3n) is 3.87. The van der Waals surface area contributed by atoms with Crippen molar-refractivity contribution in [2.75, 3.05) is 36.9 Å². The number of nitrogen functional groups attached to an aromatic ring is 1. The second kappa shape index (κ2) is 5.15. The number of piperidine rings is 1. The minimum atomic E-state index is -0.175. The first-order valence-corrected chi connectivity index (χ1v) is 6.93. The highest BCUT2D eigenvalue weighted by Gasteiger charge is 2.32. The van der Waals surface area contributed by atoms with Gasteiger partial charge in [0.25, 0.3) is 0 Å². The molecule has 0 aromatic carbocycles. The normalized spacial score (nSPS) is 20.4. The number of anilines is 2. The van der Waals surface area contributed by atoms with Gasteiger partial charge in [0.15, 0.2) is 0 Å². The number of carbonyl (C=O) groups is 1. The molecule has 0 unspecified atom stereocenters. The Kier molecular flexibility index (Phi) is 3.33. The van der Waals surface area contributed by atoms with Gasteiger partial charge in [0, 0.05) is 25.2 Å². The molecule has 1 aromatic rings. The van der Waals surface area contributed by atoms with Crippen LogP contribution in [-0.4, -0.2) is 53.2 Å². The molecule has 2 fully saturated rings. The first kappa shape index (κ1) is 13.0. The van der Waals surface area contributed by atoms with E-state index in [-0.39, 0.29) is 12.1 Å². The minimum absolute atomic E-state index is 0.175. The summed E-state index contributed by atoms with van der Waals surface area (Å²) in [5.74, 6) is 2.06. The Balaban J connectivity index is 1.64. The van der Waals surface area contributed by atoms with E-state index in [2.05, 4.69) is 14.9 Å². The van der Waals surface area contributed by atoms with Crippen LogP contribution in [0.4, 0.5) is 16.4 Å².